The first kappa shape index (κ1) is 19.5. The monoisotopic (exact) mass is 386 g/mol. The second-order valence-corrected chi connectivity index (χ2v) is 7.97. The molecule has 1 aromatic heterocycles. The third-order valence-corrected chi connectivity index (χ3v) is 5.38. The van der Waals surface area contributed by atoms with E-state index in [1.807, 2.05) is 35.7 Å². The maximum Gasteiger partial charge on any atom is 0.245 e. The van der Waals surface area contributed by atoms with Crippen LogP contribution in [0.15, 0.2) is 35.7 Å². The standard InChI is InChI=1S/C20H26N4O2S/c1-15-6-5-9-24(12-15)13-17-14-27-20(22-17)23-19(26)11-21-18(25)10-16-7-3-2-4-8-16/h2-4,7-8,14-15H,5-6,9-13H2,1H3,(H,21,25)(H,22,23,26). The third kappa shape index (κ3) is 6.45. The van der Waals surface area contributed by atoms with Crippen LogP contribution >= 0.6 is 11.3 Å². The lowest BCUT2D eigenvalue weighted by Crippen LogP contribution is -2.34. The molecule has 0 bridgehead atoms. The van der Waals surface area contributed by atoms with E-state index in [4.69, 9.17) is 0 Å². The number of aromatic nitrogens is 1. The fourth-order valence-electron chi connectivity index (χ4n) is 3.28. The van der Waals surface area contributed by atoms with Crippen LogP contribution in [0, 0.1) is 5.92 Å². The van der Waals surface area contributed by atoms with E-state index in [0.717, 1.165) is 36.8 Å². The number of amides is 2. The SMILES string of the molecule is CC1CCCN(Cc2csc(NC(=O)CNC(=O)Cc3ccccc3)n2)C1. The summed E-state index contributed by atoms with van der Waals surface area (Å²) in [5.41, 5.74) is 1.91. The molecule has 7 heteroatoms. The van der Waals surface area contributed by atoms with Crippen LogP contribution in [0.2, 0.25) is 0 Å². The van der Waals surface area contributed by atoms with Crippen LogP contribution in [0.4, 0.5) is 5.13 Å². The number of rotatable bonds is 7. The van der Waals surface area contributed by atoms with Crippen molar-refractivity contribution in [1.29, 1.82) is 0 Å². The largest absolute Gasteiger partial charge is 0.347 e. The summed E-state index contributed by atoms with van der Waals surface area (Å²) in [6.07, 6.45) is 2.80. The van der Waals surface area contributed by atoms with Gasteiger partial charge in [-0.2, -0.15) is 0 Å². The maximum absolute atomic E-state index is 12.0. The Morgan fingerprint density at radius 2 is 2.07 bits per heavy atom. The number of carbonyl (C=O) groups is 2. The Morgan fingerprint density at radius 3 is 2.85 bits per heavy atom. The minimum atomic E-state index is -0.260. The van der Waals surface area contributed by atoms with Crippen LogP contribution < -0.4 is 10.6 Å². The first-order valence-corrected chi connectivity index (χ1v) is 10.2. The van der Waals surface area contributed by atoms with Gasteiger partial charge in [-0.1, -0.05) is 37.3 Å². The number of piperidine rings is 1. The van der Waals surface area contributed by atoms with Crippen molar-refractivity contribution in [1.82, 2.24) is 15.2 Å². The molecule has 1 saturated heterocycles. The lowest BCUT2D eigenvalue weighted by Gasteiger charge is -2.30. The Labute approximate surface area is 164 Å². The first-order valence-electron chi connectivity index (χ1n) is 9.35. The molecular weight excluding hydrogens is 360 g/mol. The van der Waals surface area contributed by atoms with E-state index in [2.05, 4.69) is 27.4 Å². The van der Waals surface area contributed by atoms with Crippen molar-refractivity contribution in [3.05, 3.63) is 47.0 Å². The van der Waals surface area contributed by atoms with Gasteiger partial charge in [-0.15, -0.1) is 11.3 Å². The molecule has 2 aromatic rings. The van der Waals surface area contributed by atoms with Gasteiger partial charge in [-0.05, 0) is 30.9 Å². The average molecular weight is 387 g/mol. The summed E-state index contributed by atoms with van der Waals surface area (Å²) in [6, 6.07) is 9.46. The van der Waals surface area contributed by atoms with Gasteiger partial charge in [-0.25, -0.2) is 4.98 Å². The summed E-state index contributed by atoms with van der Waals surface area (Å²) in [7, 11) is 0. The molecule has 0 saturated carbocycles. The molecule has 1 aliphatic heterocycles. The van der Waals surface area contributed by atoms with Crippen molar-refractivity contribution < 1.29 is 9.59 Å². The molecular formula is C20H26N4O2S. The van der Waals surface area contributed by atoms with E-state index in [1.54, 1.807) is 0 Å². The van der Waals surface area contributed by atoms with Crippen molar-refractivity contribution in [2.24, 2.45) is 5.92 Å². The van der Waals surface area contributed by atoms with E-state index in [9.17, 15) is 9.59 Å². The summed E-state index contributed by atoms with van der Waals surface area (Å²) < 4.78 is 0. The average Bonchev–Trinajstić information content (AvgIpc) is 3.07. The molecule has 1 atom stereocenters. The fourth-order valence-corrected chi connectivity index (χ4v) is 4.00. The van der Waals surface area contributed by atoms with Gasteiger partial charge in [0.05, 0.1) is 18.7 Å². The smallest absolute Gasteiger partial charge is 0.245 e. The van der Waals surface area contributed by atoms with Gasteiger partial charge in [0.1, 0.15) is 0 Å². The molecule has 144 valence electrons. The Kier molecular flexibility index (Phi) is 6.95. The van der Waals surface area contributed by atoms with Gasteiger partial charge < -0.3 is 10.6 Å². The molecule has 2 N–H and O–H groups in total. The van der Waals surface area contributed by atoms with Crippen LogP contribution in [-0.4, -0.2) is 41.3 Å². The Hall–Kier alpha value is -2.25. The second-order valence-electron chi connectivity index (χ2n) is 7.11. The number of carbonyl (C=O) groups excluding carboxylic acids is 2. The Morgan fingerprint density at radius 1 is 1.26 bits per heavy atom. The van der Waals surface area contributed by atoms with Crippen LogP contribution in [0.5, 0.6) is 0 Å². The summed E-state index contributed by atoms with van der Waals surface area (Å²) >= 11 is 1.42. The highest BCUT2D eigenvalue weighted by molar-refractivity contribution is 7.13. The van der Waals surface area contributed by atoms with Crippen molar-refractivity contribution in [2.75, 3.05) is 25.0 Å². The Balaban J connectivity index is 1.40. The quantitative estimate of drug-likeness (QED) is 0.767. The zero-order valence-corrected chi connectivity index (χ0v) is 16.4. The fraction of sp³-hybridized carbons (Fsp3) is 0.450. The van der Waals surface area contributed by atoms with Gasteiger partial charge in [-0.3, -0.25) is 14.5 Å². The number of anilines is 1. The van der Waals surface area contributed by atoms with Crippen LogP contribution in [0.25, 0.3) is 0 Å². The first-order chi connectivity index (χ1) is 13.1. The van der Waals surface area contributed by atoms with Crippen molar-refractivity contribution >= 4 is 28.3 Å². The van der Waals surface area contributed by atoms with Crippen molar-refractivity contribution in [3.8, 4) is 0 Å². The van der Waals surface area contributed by atoms with Crippen LogP contribution in [-0.2, 0) is 22.6 Å². The van der Waals surface area contributed by atoms with Gasteiger partial charge >= 0.3 is 0 Å². The highest BCUT2D eigenvalue weighted by Crippen LogP contribution is 2.20. The molecule has 1 unspecified atom stereocenters. The highest BCUT2D eigenvalue weighted by atomic mass is 32.1. The number of nitrogens with zero attached hydrogens (tertiary/aromatic N) is 2. The second kappa shape index (κ2) is 9.62. The lowest BCUT2D eigenvalue weighted by atomic mass is 10.0. The summed E-state index contributed by atoms with van der Waals surface area (Å²) in [4.78, 5) is 30.9. The van der Waals surface area contributed by atoms with E-state index in [0.29, 0.717) is 5.13 Å². The number of hydrogen-bond acceptors (Lipinski definition) is 5. The summed E-state index contributed by atoms with van der Waals surface area (Å²) in [6.45, 7) is 5.27. The van der Waals surface area contributed by atoms with E-state index in [1.165, 1.54) is 24.2 Å². The zero-order valence-electron chi connectivity index (χ0n) is 15.6. The topological polar surface area (TPSA) is 74.3 Å². The van der Waals surface area contributed by atoms with Crippen LogP contribution in [0.1, 0.15) is 31.0 Å². The molecule has 3 rings (SSSR count). The van der Waals surface area contributed by atoms with E-state index < -0.39 is 0 Å². The predicted molar refractivity (Wildman–Crippen MR) is 108 cm³/mol. The molecule has 1 aliphatic rings. The zero-order chi connectivity index (χ0) is 19.1. The molecule has 1 fully saturated rings. The number of nitrogens with one attached hydrogen (secondary N) is 2. The van der Waals surface area contributed by atoms with Gasteiger partial charge in [0.2, 0.25) is 11.8 Å². The molecule has 2 amide bonds. The minimum absolute atomic E-state index is 0.0514. The molecule has 27 heavy (non-hydrogen) atoms. The lowest BCUT2D eigenvalue weighted by molar-refractivity contribution is -0.123. The number of benzene rings is 1. The van der Waals surface area contributed by atoms with Crippen molar-refractivity contribution in [2.45, 2.75) is 32.7 Å². The van der Waals surface area contributed by atoms with E-state index >= 15 is 0 Å². The molecule has 1 aromatic carbocycles. The van der Waals surface area contributed by atoms with Gasteiger partial charge in [0, 0.05) is 18.5 Å². The highest BCUT2D eigenvalue weighted by Gasteiger charge is 2.17. The van der Waals surface area contributed by atoms with Crippen LogP contribution in [0.3, 0.4) is 0 Å². The number of hydrogen-bond donors (Lipinski definition) is 2. The summed E-state index contributed by atoms with van der Waals surface area (Å²) in [5.74, 6) is 0.301. The van der Waals surface area contributed by atoms with E-state index in [-0.39, 0.29) is 24.8 Å². The predicted octanol–water partition coefficient (Wildman–Crippen LogP) is 2.67. The van der Waals surface area contributed by atoms with Gasteiger partial charge in [0.15, 0.2) is 5.13 Å². The van der Waals surface area contributed by atoms with Gasteiger partial charge in [0.25, 0.3) is 0 Å². The summed E-state index contributed by atoms with van der Waals surface area (Å²) in [5, 5.41) is 7.98. The minimum Gasteiger partial charge on any atom is -0.347 e. The molecule has 2 heterocycles. The Bertz CT molecular complexity index is 762. The molecule has 0 radical (unpaired) electrons. The number of thiazole rings is 1. The molecule has 0 aliphatic carbocycles. The normalized spacial score (nSPS) is 17.4. The number of likely N-dealkylation sites (tertiary alicyclic amines) is 1. The third-order valence-electron chi connectivity index (χ3n) is 4.58. The molecule has 0 spiro atoms. The molecule has 6 nitrogen and oxygen atoms in total. The maximum atomic E-state index is 12.0. The van der Waals surface area contributed by atoms with Crippen molar-refractivity contribution in [3.63, 3.8) is 0 Å².